The molecule has 4 heterocycles. The summed E-state index contributed by atoms with van der Waals surface area (Å²) in [6.07, 6.45) is 6.72. The maximum Gasteiger partial charge on any atom is 0.279 e. The molecule has 2 N–H and O–H groups in total. The fourth-order valence-corrected chi connectivity index (χ4v) is 5.27. The van der Waals surface area contributed by atoms with E-state index in [1.807, 2.05) is 13.0 Å². The summed E-state index contributed by atoms with van der Waals surface area (Å²) in [7, 11) is -3.17. The van der Waals surface area contributed by atoms with Crippen molar-refractivity contribution in [2.75, 3.05) is 30.8 Å². The van der Waals surface area contributed by atoms with E-state index in [9.17, 15) is 17.2 Å². The van der Waals surface area contributed by atoms with Crippen molar-refractivity contribution in [2.45, 2.75) is 38.2 Å². The number of rotatable bonds is 6. The second-order valence-corrected chi connectivity index (χ2v) is 10.4. The van der Waals surface area contributed by atoms with Gasteiger partial charge in [0.25, 0.3) is 6.43 Å². The van der Waals surface area contributed by atoms with Gasteiger partial charge in [-0.05, 0) is 44.4 Å². The highest BCUT2D eigenvalue weighted by Crippen LogP contribution is 2.44. The molecule has 0 amide bonds. The molecule has 0 saturated carbocycles. The Morgan fingerprint density at radius 2 is 1.91 bits per heavy atom. The standard InChI is InChI=1S/C21H26F2N6O2S/c1-14-18(29-10-7-21(29)5-8-28(9-6-21)32(2,30)31)11-15(12-25-14)17-13-26-19(27-17)4-3-16(24)20(22)23/h3-4,11-13,20,24H,5-10H2,1-2H3,(H,26,27)/b4-3-,24-16?. The summed E-state index contributed by atoms with van der Waals surface area (Å²) >= 11 is 0. The van der Waals surface area contributed by atoms with Crippen LogP contribution < -0.4 is 4.90 Å². The van der Waals surface area contributed by atoms with Gasteiger partial charge in [-0.1, -0.05) is 0 Å². The van der Waals surface area contributed by atoms with Crippen molar-refractivity contribution in [1.29, 1.82) is 5.41 Å². The van der Waals surface area contributed by atoms with E-state index in [2.05, 4.69) is 19.9 Å². The predicted molar refractivity (Wildman–Crippen MR) is 120 cm³/mol. The first-order valence-corrected chi connectivity index (χ1v) is 12.2. The number of imidazole rings is 1. The molecule has 4 rings (SSSR count). The zero-order chi connectivity index (χ0) is 23.1. The normalized spacial score (nSPS) is 19.1. The highest BCUT2D eigenvalue weighted by molar-refractivity contribution is 7.88. The van der Waals surface area contributed by atoms with E-state index in [1.54, 1.807) is 16.7 Å². The molecule has 0 unspecified atom stereocenters. The molecule has 32 heavy (non-hydrogen) atoms. The molecule has 2 aromatic heterocycles. The van der Waals surface area contributed by atoms with E-state index < -0.39 is 22.2 Å². The molecule has 0 atom stereocenters. The number of anilines is 1. The first kappa shape index (κ1) is 22.5. The third kappa shape index (κ3) is 4.31. The number of hydrogen-bond acceptors (Lipinski definition) is 6. The highest BCUT2D eigenvalue weighted by atomic mass is 32.2. The second-order valence-electron chi connectivity index (χ2n) is 8.39. The minimum Gasteiger partial charge on any atom is -0.364 e. The molecule has 8 nitrogen and oxygen atoms in total. The summed E-state index contributed by atoms with van der Waals surface area (Å²) in [6.45, 7) is 3.88. The summed E-state index contributed by atoms with van der Waals surface area (Å²) < 4.78 is 50.2. The number of sulfonamides is 1. The topological polar surface area (TPSA) is 106 Å². The number of allylic oxidation sites excluding steroid dienone is 1. The van der Waals surface area contributed by atoms with Gasteiger partial charge < -0.3 is 9.88 Å². The van der Waals surface area contributed by atoms with E-state index >= 15 is 0 Å². The third-order valence-corrected chi connectivity index (χ3v) is 7.71. The Labute approximate surface area is 185 Å². The van der Waals surface area contributed by atoms with Crippen molar-refractivity contribution in [3.63, 3.8) is 0 Å². The summed E-state index contributed by atoms with van der Waals surface area (Å²) in [5.41, 5.74) is 2.59. The van der Waals surface area contributed by atoms with Crippen molar-refractivity contribution < 1.29 is 17.2 Å². The molecule has 0 radical (unpaired) electrons. The van der Waals surface area contributed by atoms with Crippen LogP contribution in [-0.2, 0) is 10.0 Å². The van der Waals surface area contributed by atoms with Crippen molar-refractivity contribution in [3.05, 3.63) is 36.1 Å². The van der Waals surface area contributed by atoms with Crippen LogP contribution in [0.5, 0.6) is 0 Å². The minimum atomic E-state index is -3.17. The molecule has 2 aliphatic rings. The lowest BCUT2D eigenvalue weighted by Crippen LogP contribution is -2.65. The quantitative estimate of drug-likeness (QED) is 0.639. The molecule has 0 aromatic carbocycles. The first-order chi connectivity index (χ1) is 15.1. The monoisotopic (exact) mass is 464 g/mol. The van der Waals surface area contributed by atoms with Gasteiger partial charge >= 0.3 is 0 Å². The number of pyridine rings is 1. The Hall–Kier alpha value is -2.66. The molecule has 2 aromatic rings. The zero-order valence-corrected chi connectivity index (χ0v) is 18.8. The average Bonchev–Trinajstić information content (AvgIpc) is 3.21. The van der Waals surface area contributed by atoms with Gasteiger partial charge in [-0.3, -0.25) is 10.4 Å². The third-order valence-electron chi connectivity index (χ3n) is 6.41. The Morgan fingerprint density at radius 3 is 2.50 bits per heavy atom. The largest absolute Gasteiger partial charge is 0.364 e. The number of aromatic amines is 1. The average molecular weight is 465 g/mol. The Kier molecular flexibility index (Phi) is 5.89. The summed E-state index contributed by atoms with van der Waals surface area (Å²) in [5, 5.41) is 7.20. The smallest absolute Gasteiger partial charge is 0.279 e. The van der Waals surface area contributed by atoms with Crippen molar-refractivity contribution >= 4 is 27.5 Å². The number of nitrogens with one attached hydrogen (secondary N) is 2. The zero-order valence-electron chi connectivity index (χ0n) is 18.0. The second kappa shape index (κ2) is 8.36. The van der Waals surface area contributed by atoms with Gasteiger partial charge in [0.15, 0.2) is 0 Å². The van der Waals surface area contributed by atoms with Gasteiger partial charge in [0.1, 0.15) is 5.82 Å². The molecule has 1 spiro atoms. The van der Waals surface area contributed by atoms with E-state index in [0.29, 0.717) is 24.6 Å². The Bertz CT molecular complexity index is 1150. The molecular formula is C21H26F2N6O2S. The van der Waals surface area contributed by atoms with Crippen LogP contribution in [0.2, 0.25) is 0 Å². The van der Waals surface area contributed by atoms with Crippen molar-refractivity contribution in [2.24, 2.45) is 0 Å². The molecule has 0 bridgehead atoms. The van der Waals surface area contributed by atoms with Crippen LogP contribution in [0.3, 0.4) is 0 Å². The summed E-state index contributed by atoms with van der Waals surface area (Å²) in [5.74, 6) is 0.376. The molecule has 2 saturated heterocycles. The van der Waals surface area contributed by atoms with Gasteiger partial charge in [0, 0.05) is 36.9 Å². The van der Waals surface area contributed by atoms with Crippen LogP contribution in [0.25, 0.3) is 17.3 Å². The lowest BCUT2D eigenvalue weighted by molar-refractivity contribution is 0.164. The lowest BCUT2D eigenvalue weighted by Gasteiger charge is -2.57. The molecule has 11 heteroatoms. The maximum absolute atomic E-state index is 12.5. The fraction of sp³-hybridized carbons (Fsp3) is 0.476. The van der Waals surface area contributed by atoms with E-state index in [1.165, 1.54) is 12.3 Å². The molecule has 0 aliphatic carbocycles. The predicted octanol–water partition coefficient (Wildman–Crippen LogP) is 3.08. The molecule has 2 fully saturated rings. The number of H-pyrrole nitrogens is 1. The molecule has 2 aliphatic heterocycles. The van der Waals surface area contributed by atoms with E-state index in [0.717, 1.165) is 48.8 Å². The van der Waals surface area contributed by atoms with Gasteiger partial charge in [-0.15, -0.1) is 0 Å². The number of aromatic nitrogens is 3. The van der Waals surface area contributed by atoms with Crippen LogP contribution in [0.1, 0.15) is 30.8 Å². The van der Waals surface area contributed by atoms with Gasteiger partial charge in [0.2, 0.25) is 10.0 Å². The lowest BCUT2D eigenvalue weighted by atomic mass is 9.76. The van der Waals surface area contributed by atoms with Crippen LogP contribution >= 0.6 is 0 Å². The van der Waals surface area contributed by atoms with Crippen LogP contribution in [0.15, 0.2) is 24.5 Å². The highest BCUT2D eigenvalue weighted by Gasteiger charge is 2.48. The number of piperidine rings is 1. The van der Waals surface area contributed by atoms with Crippen LogP contribution in [0.4, 0.5) is 14.5 Å². The molecular weight excluding hydrogens is 438 g/mol. The van der Waals surface area contributed by atoms with Gasteiger partial charge in [-0.2, -0.15) is 0 Å². The fourth-order valence-electron chi connectivity index (χ4n) is 4.42. The van der Waals surface area contributed by atoms with Gasteiger partial charge in [0.05, 0.1) is 35.2 Å². The van der Waals surface area contributed by atoms with E-state index in [4.69, 9.17) is 5.41 Å². The van der Waals surface area contributed by atoms with Crippen LogP contribution in [-0.4, -0.2) is 71.2 Å². The van der Waals surface area contributed by atoms with Crippen molar-refractivity contribution in [1.82, 2.24) is 19.3 Å². The summed E-state index contributed by atoms with van der Waals surface area (Å²) in [4.78, 5) is 14.1. The molecule has 172 valence electrons. The van der Waals surface area contributed by atoms with Crippen molar-refractivity contribution in [3.8, 4) is 11.3 Å². The first-order valence-electron chi connectivity index (χ1n) is 10.4. The van der Waals surface area contributed by atoms with E-state index in [-0.39, 0.29) is 5.54 Å². The SMILES string of the molecule is Cc1ncc(-c2cnc(/C=C\C(=N)C(F)F)[nH]2)cc1N1CCC12CCN(S(C)(=O)=O)CC2. The maximum atomic E-state index is 12.5. The number of aryl methyl sites for hydroxylation is 1. The number of nitrogens with zero attached hydrogens (tertiary/aromatic N) is 4. The number of alkyl halides is 2. The Morgan fingerprint density at radius 1 is 1.22 bits per heavy atom. The number of halogens is 2. The summed E-state index contributed by atoms with van der Waals surface area (Å²) in [6, 6.07) is 2.04. The minimum absolute atomic E-state index is 0.0518. The number of hydrogen-bond donors (Lipinski definition) is 2. The van der Waals surface area contributed by atoms with Gasteiger partial charge in [-0.25, -0.2) is 26.5 Å². The van der Waals surface area contributed by atoms with Crippen LogP contribution in [0, 0.1) is 12.3 Å². The Balaban J connectivity index is 1.54.